The van der Waals surface area contributed by atoms with E-state index in [1.165, 1.54) is 5.52 Å². The predicted octanol–water partition coefficient (Wildman–Crippen LogP) is 2.42. The van der Waals surface area contributed by atoms with Crippen molar-refractivity contribution in [3.8, 4) is 0 Å². The van der Waals surface area contributed by atoms with Crippen LogP contribution >= 0.6 is 0 Å². The Morgan fingerprint density at radius 2 is 2.05 bits per heavy atom. The van der Waals surface area contributed by atoms with Gasteiger partial charge in [0, 0.05) is 26.2 Å². The van der Waals surface area contributed by atoms with Crippen molar-refractivity contribution in [3.05, 3.63) is 48.0 Å². The van der Waals surface area contributed by atoms with Gasteiger partial charge in [0.25, 0.3) is 0 Å². The van der Waals surface area contributed by atoms with Gasteiger partial charge in [-0.1, -0.05) is 19.1 Å². The lowest BCUT2D eigenvalue weighted by molar-refractivity contribution is 0.593. The first-order valence-corrected chi connectivity index (χ1v) is 7.38. The molecule has 0 saturated carbocycles. The Morgan fingerprint density at radius 1 is 1.24 bits per heavy atom. The van der Waals surface area contributed by atoms with Crippen molar-refractivity contribution in [2.75, 3.05) is 0 Å². The third-order valence-electron chi connectivity index (χ3n) is 3.70. The van der Waals surface area contributed by atoms with Gasteiger partial charge in [0.05, 0.1) is 22.8 Å². The number of hydrogen-bond acceptors (Lipinski definition) is 3. The number of aromatic nitrogens is 4. The molecule has 0 radical (unpaired) electrons. The minimum atomic E-state index is -0.126. The van der Waals surface area contributed by atoms with Crippen LogP contribution in [0.5, 0.6) is 0 Å². The minimum Gasteiger partial charge on any atom is -0.328 e. The fourth-order valence-electron chi connectivity index (χ4n) is 2.69. The Hall–Kier alpha value is -2.14. The van der Waals surface area contributed by atoms with Gasteiger partial charge in [-0.2, -0.15) is 5.10 Å². The molecule has 2 N–H and O–H groups in total. The largest absolute Gasteiger partial charge is 0.328 e. The van der Waals surface area contributed by atoms with E-state index in [0.29, 0.717) is 6.42 Å². The van der Waals surface area contributed by atoms with Crippen LogP contribution in [0.1, 0.15) is 30.9 Å². The fraction of sp³-hybridized carbons (Fsp3) is 0.375. The van der Waals surface area contributed by atoms with E-state index in [9.17, 15) is 0 Å². The van der Waals surface area contributed by atoms with Crippen LogP contribution in [0, 0.1) is 0 Å². The molecule has 1 aromatic carbocycles. The topological polar surface area (TPSA) is 61.7 Å². The number of para-hydroxylation sites is 2. The minimum absolute atomic E-state index is 0.126. The summed E-state index contributed by atoms with van der Waals surface area (Å²) < 4.78 is 4.06. The summed E-state index contributed by atoms with van der Waals surface area (Å²) in [6, 6.07) is 10.1. The summed E-state index contributed by atoms with van der Waals surface area (Å²) in [7, 11) is 1.91. The van der Waals surface area contributed by atoms with E-state index in [1.54, 1.807) is 4.68 Å². The monoisotopic (exact) mass is 283 g/mol. The maximum atomic E-state index is 6.30. The zero-order chi connectivity index (χ0) is 14.8. The molecule has 0 fully saturated rings. The second-order valence-electron chi connectivity index (χ2n) is 5.39. The van der Waals surface area contributed by atoms with Crippen molar-refractivity contribution >= 4 is 11.0 Å². The third-order valence-corrected chi connectivity index (χ3v) is 3.70. The highest BCUT2D eigenvalue weighted by Crippen LogP contribution is 2.20. The first-order valence-electron chi connectivity index (χ1n) is 7.38. The highest BCUT2D eigenvalue weighted by Gasteiger charge is 2.16. The van der Waals surface area contributed by atoms with E-state index in [0.717, 1.165) is 30.0 Å². The second kappa shape index (κ2) is 5.69. The number of imidazole rings is 1. The Bertz CT molecular complexity index is 740. The number of rotatable bonds is 5. The number of nitrogens with two attached hydrogens (primary N) is 1. The predicted molar refractivity (Wildman–Crippen MR) is 83.9 cm³/mol. The number of nitrogens with zero attached hydrogens (tertiary/aromatic N) is 4. The molecular weight excluding hydrogens is 262 g/mol. The summed E-state index contributed by atoms with van der Waals surface area (Å²) in [5.74, 6) is 1.04. The lowest BCUT2D eigenvalue weighted by Crippen LogP contribution is -2.17. The van der Waals surface area contributed by atoms with E-state index < -0.39 is 0 Å². The molecule has 110 valence electrons. The Morgan fingerprint density at radius 3 is 2.76 bits per heavy atom. The summed E-state index contributed by atoms with van der Waals surface area (Å²) in [5.41, 5.74) is 9.43. The Labute approximate surface area is 124 Å². The van der Waals surface area contributed by atoms with Gasteiger partial charge < -0.3 is 10.3 Å². The number of hydrogen-bond donors (Lipinski definition) is 1. The number of fused-ring (bicyclic) bond motifs is 1. The van der Waals surface area contributed by atoms with E-state index in [4.69, 9.17) is 10.7 Å². The van der Waals surface area contributed by atoms with Gasteiger partial charge in [-0.15, -0.1) is 0 Å². The van der Waals surface area contributed by atoms with E-state index >= 15 is 0 Å². The van der Waals surface area contributed by atoms with Gasteiger partial charge in [0.15, 0.2) is 0 Å². The highest BCUT2D eigenvalue weighted by atomic mass is 15.3. The van der Waals surface area contributed by atoms with Gasteiger partial charge in [0.2, 0.25) is 0 Å². The van der Waals surface area contributed by atoms with Gasteiger partial charge in [0.1, 0.15) is 5.82 Å². The van der Waals surface area contributed by atoms with Gasteiger partial charge in [-0.25, -0.2) is 4.98 Å². The molecule has 1 unspecified atom stereocenters. The van der Waals surface area contributed by atoms with Crippen LogP contribution in [-0.4, -0.2) is 19.3 Å². The summed E-state index contributed by atoms with van der Waals surface area (Å²) in [4.78, 5) is 4.75. The Kier molecular flexibility index (Phi) is 3.75. The van der Waals surface area contributed by atoms with Crippen molar-refractivity contribution in [2.24, 2.45) is 12.8 Å². The van der Waals surface area contributed by atoms with Crippen molar-refractivity contribution in [3.63, 3.8) is 0 Å². The van der Waals surface area contributed by atoms with Gasteiger partial charge in [-0.3, -0.25) is 4.68 Å². The molecule has 3 aromatic rings. The molecule has 0 spiro atoms. The standard InChI is InChI=1S/C16H21N5/c1-3-9-21-15-7-5-4-6-14(15)18-16(21)11-12(17)13-8-10-20(2)19-13/h4-8,10,12H,3,9,11,17H2,1-2H3. The molecular formula is C16H21N5. The van der Waals surface area contributed by atoms with Crippen molar-refractivity contribution in [1.82, 2.24) is 19.3 Å². The quantitative estimate of drug-likeness (QED) is 0.782. The van der Waals surface area contributed by atoms with Gasteiger partial charge >= 0.3 is 0 Å². The molecule has 0 aliphatic rings. The average molecular weight is 283 g/mol. The van der Waals surface area contributed by atoms with Crippen LogP contribution in [0.3, 0.4) is 0 Å². The summed E-state index contributed by atoms with van der Waals surface area (Å²) in [5, 5.41) is 4.39. The van der Waals surface area contributed by atoms with Crippen molar-refractivity contribution in [2.45, 2.75) is 32.4 Å². The highest BCUT2D eigenvalue weighted by molar-refractivity contribution is 5.75. The molecule has 0 aliphatic carbocycles. The zero-order valence-corrected chi connectivity index (χ0v) is 12.5. The molecule has 3 rings (SSSR count). The summed E-state index contributed by atoms with van der Waals surface area (Å²) >= 11 is 0. The van der Waals surface area contributed by atoms with E-state index in [2.05, 4.69) is 34.8 Å². The molecule has 0 aliphatic heterocycles. The van der Waals surface area contributed by atoms with Crippen molar-refractivity contribution in [1.29, 1.82) is 0 Å². The second-order valence-corrected chi connectivity index (χ2v) is 5.39. The molecule has 2 heterocycles. The van der Waals surface area contributed by atoms with Crippen molar-refractivity contribution < 1.29 is 0 Å². The Balaban J connectivity index is 1.94. The zero-order valence-electron chi connectivity index (χ0n) is 12.5. The lowest BCUT2D eigenvalue weighted by Gasteiger charge is -2.11. The molecule has 5 heteroatoms. The molecule has 0 bridgehead atoms. The molecule has 0 amide bonds. The first kappa shape index (κ1) is 13.8. The lowest BCUT2D eigenvalue weighted by atomic mass is 10.1. The van der Waals surface area contributed by atoms with Crippen LogP contribution in [0.4, 0.5) is 0 Å². The molecule has 0 saturated heterocycles. The molecule has 21 heavy (non-hydrogen) atoms. The first-order chi connectivity index (χ1) is 10.2. The van der Waals surface area contributed by atoms with Crippen LogP contribution in [-0.2, 0) is 20.0 Å². The van der Waals surface area contributed by atoms with Gasteiger partial charge in [-0.05, 0) is 24.6 Å². The smallest absolute Gasteiger partial charge is 0.111 e. The summed E-state index contributed by atoms with van der Waals surface area (Å²) in [6.07, 6.45) is 3.70. The van der Waals surface area contributed by atoms with Crippen LogP contribution < -0.4 is 5.73 Å². The number of benzene rings is 1. The third kappa shape index (κ3) is 2.69. The van der Waals surface area contributed by atoms with Crippen LogP contribution in [0.15, 0.2) is 36.5 Å². The maximum Gasteiger partial charge on any atom is 0.111 e. The summed E-state index contributed by atoms with van der Waals surface area (Å²) in [6.45, 7) is 3.14. The number of aryl methyl sites for hydroxylation is 2. The maximum absolute atomic E-state index is 6.30. The van der Waals surface area contributed by atoms with Crippen LogP contribution in [0.25, 0.3) is 11.0 Å². The van der Waals surface area contributed by atoms with E-state index in [-0.39, 0.29) is 6.04 Å². The molecule has 1 atom stereocenters. The average Bonchev–Trinajstić information content (AvgIpc) is 3.04. The molecule has 2 aromatic heterocycles. The van der Waals surface area contributed by atoms with Crippen LogP contribution in [0.2, 0.25) is 0 Å². The molecule has 5 nitrogen and oxygen atoms in total. The normalized spacial score (nSPS) is 12.9. The SMILES string of the molecule is CCCn1c(CC(N)c2ccn(C)n2)nc2ccccc21. The fourth-order valence-corrected chi connectivity index (χ4v) is 2.69. The van der Waals surface area contributed by atoms with E-state index in [1.807, 2.05) is 25.4 Å².